The second-order valence-electron chi connectivity index (χ2n) is 5.34. The van der Waals surface area contributed by atoms with Crippen LogP contribution in [0.15, 0.2) is 18.3 Å². The molecular formula is C15H23N3O2. The first-order valence-corrected chi connectivity index (χ1v) is 7.19. The van der Waals surface area contributed by atoms with E-state index in [-0.39, 0.29) is 5.91 Å². The van der Waals surface area contributed by atoms with Crippen LogP contribution >= 0.6 is 0 Å². The first kappa shape index (κ1) is 14.8. The maximum atomic E-state index is 11.8. The zero-order valence-electron chi connectivity index (χ0n) is 12.3. The number of nitrogens with zero attached hydrogens (tertiary/aromatic N) is 2. The minimum atomic E-state index is -0.152. The smallest absolute Gasteiger partial charge is 0.269 e. The second kappa shape index (κ2) is 7.24. The van der Waals surface area contributed by atoms with Gasteiger partial charge in [-0.3, -0.25) is 4.79 Å². The molecule has 2 heterocycles. The van der Waals surface area contributed by atoms with Gasteiger partial charge in [-0.25, -0.2) is 4.98 Å². The number of anilines is 1. The fourth-order valence-corrected chi connectivity index (χ4v) is 2.49. The third kappa shape index (κ3) is 3.93. The molecule has 1 aromatic heterocycles. The molecule has 0 bridgehead atoms. The Morgan fingerprint density at radius 2 is 2.40 bits per heavy atom. The third-order valence-electron chi connectivity index (χ3n) is 3.59. The number of piperidine rings is 1. The molecule has 0 spiro atoms. The molecule has 1 aliphatic heterocycles. The van der Waals surface area contributed by atoms with Crippen LogP contribution in [0.2, 0.25) is 0 Å². The Bertz CT molecular complexity index is 433. The number of ether oxygens (including phenoxy) is 1. The SMILES string of the molecule is COCCNC(=O)c1ccc(N2CCCC(C)C2)cn1. The summed E-state index contributed by atoms with van der Waals surface area (Å²) in [5.41, 5.74) is 1.56. The Labute approximate surface area is 120 Å². The molecule has 2 rings (SSSR count). The standard InChI is InChI=1S/C15H23N3O2/c1-12-4-3-8-18(11-12)13-5-6-14(17-10-13)15(19)16-7-9-20-2/h5-6,10,12H,3-4,7-9,11H2,1-2H3,(H,16,19). The highest BCUT2D eigenvalue weighted by atomic mass is 16.5. The first-order valence-electron chi connectivity index (χ1n) is 7.19. The molecule has 1 saturated heterocycles. The molecule has 1 fully saturated rings. The average molecular weight is 277 g/mol. The van der Waals surface area contributed by atoms with Crippen LogP contribution < -0.4 is 10.2 Å². The predicted octanol–water partition coefficient (Wildman–Crippen LogP) is 1.69. The van der Waals surface area contributed by atoms with Gasteiger partial charge in [0.05, 0.1) is 18.5 Å². The third-order valence-corrected chi connectivity index (χ3v) is 3.59. The van der Waals surface area contributed by atoms with E-state index in [1.807, 2.05) is 6.07 Å². The molecule has 1 atom stereocenters. The molecule has 1 N–H and O–H groups in total. The quantitative estimate of drug-likeness (QED) is 0.832. The maximum absolute atomic E-state index is 11.8. The highest BCUT2D eigenvalue weighted by Gasteiger charge is 2.17. The van der Waals surface area contributed by atoms with Gasteiger partial charge in [-0.05, 0) is 30.9 Å². The summed E-state index contributed by atoms with van der Waals surface area (Å²) >= 11 is 0. The van der Waals surface area contributed by atoms with Gasteiger partial charge in [-0.2, -0.15) is 0 Å². The van der Waals surface area contributed by atoms with Crippen molar-refractivity contribution in [1.29, 1.82) is 0 Å². The van der Waals surface area contributed by atoms with Gasteiger partial charge in [0.15, 0.2) is 0 Å². The molecule has 20 heavy (non-hydrogen) atoms. The van der Waals surface area contributed by atoms with Crippen molar-refractivity contribution in [1.82, 2.24) is 10.3 Å². The Balaban J connectivity index is 1.93. The molecular weight excluding hydrogens is 254 g/mol. The van der Waals surface area contributed by atoms with Crippen molar-refractivity contribution in [2.75, 3.05) is 38.3 Å². The van der Waals surface area contributed by atoms with Gasteiger partial charge in [0.1, 0.15) is 5.69 Å². The fraction of sp³-hybridized carbons (Fsp3) is 0.600. The molecule has 5 heteroatoms. The van der Waals surface area contributed by atoms with E-state index in [4.69, 9.17) is 4.74 Å². The van der Waals surface area contributed by atoms with Gasteiger partial charge in [0, 0.05) is 26.7 Å². The predicted molar refractivity (Wildman–Crippen MR) is 79.1 cm³/mol. The minimum Gasteiger partial charge on any atom is -0.383 e. The number of rotatable bonds is 5. The van der Waals surface area contributed by atoms with Crippen molar-refractivity contribution in [3.05, 3.63) is 24.0 Å². The Kier molecular flexibility index (Phi) is 5.35. The van der Waals surface area contributed by atoms with E-state index < -0.39 is 0 Å². The molecule has 1 aromatic rings. The molecule has 1 aliphatic rings. The maximum Gasteiger partial charge on any atom is 0.269 e. The number of pyridine rings is 1. The van der Waals surface area contributed by atoms with E-state index in [0.29, 0.717) is 18.8 Å². The largest absolute Gasteiger partial charge is 0.383 e. The van der Waals surface area contributed by atoms with Crippen LogP contribution in [-0.4, -0.2) is 44.2 Å². The van der Waals surface area contributed by atoms with Crippen LogP contribution in [-0.2, 0) is 4.74 Å². The van der Waals surface area contributed by atoms with Crippen LogP contribution in [0.4, 0.5) is 5.69 Å². The molecule has 1 amide bonds. The van der Waals surface area contributed by atoms with Crippen LogP contribution in [0.25, 0.3) is 0 Å². The topological polar surface area (TPSA) is 54.5 Å². The Morgan fingerprint density at radius 1 is 1.55 bits per heavy atom. The number of methoxy groups -OCH3 is 1. The minimum absolute atomic E-state index is 0.152. The van der Waals surface area contributed by atoms with Crippen LogP contribution in [0, 0.1) is 5.92 Å². The monoisotopic (exact) mass is 277 g/mol. The van der Waals surface area contributed by atoms with Crippen molar-refractivity contribution < 1.29 is 9.53 Å². The van der Waals surface area contributed by atoms with E-state index >= 15 is 0 Å². The van der Waals surface area contributed by atoms with Gasteiger partial charge in [-0.1, -0.05) is 6.92 Å². The van der Waals surface area contributed by atoms with Crippen molar-refractivity contribution in [2.45, 2.75) is 19.8 Å². The van der Waals surface area contributed by atoms with E-state index in [1.165, 1.54) is 12.8 Å². The summed E-state index contributed by atoms with van der Waals surface area (Å²) in [5.74, 6) is 0.571. The van der Waals surface area contributed by atoms with Crippen molar-refractivity contribution in [2.24, 2.45) is 5.92 Å². The zero-order chi connectivity index (χ0) is 14.4. The lowest BCUT2D eigenvalue weighted by atomic mass is 10.00. The number of aromatic nitrogens is 1. The van der Waals surface area contributed by atoms with Crippen LogP contribution in [0.3, 0.4) is 0 Å². The van der Waals surface area contributed by atoms with Crippen LogP contribution in [0.1, 0.15) is 30.3 Å². The first-order chi connectivity index (χ1) is 9.70. The summed E-state index contributed by atoms with van der Waals surface area (Å²) in [4.78, 5) is 18.4. The lowest BCUT2D eigenvalue weighted by molar-refractivity contribution is 0.0932. The van der Waals surface area contributed by atoms with Crippen LogP contribution in [0.5, 0.6) is 0 Å². The lowest BCUT2D eigenvalue weighted by Gasteiger charge is -2.32. The van der Waals surface area contributed by atoms with Gasteiger partial charge < -0.3 is 15.0 Å². The number of amides is 1. The number of carbonyl (C=O) groups is 1. The average Bonchev–Trinajstić information content (AvgIpc) is 2.47. The van der Waals surface area contributed by atoms with Gasteiger partial charge >= 0.3 is 0 Å². The normalized spacial score (nSPS) is 18.9. The van der Waals surface area contributed by atoms with E-state index in [0.717, 1.165) is 24.7 Å². The summed E-state index contributed by atoms with van der Waals surface area (Å²) in [6.07, 6.45) is 4.31. The van der Waals surface area contributed by atoms with E-state index in [9.17, 15) is 4.79 Å². The van der Waals surface area contributed by atoms with Gasteiger partial charge in [0.25, 0.3) is 5.91 Å². The van der Waals surface area contributed by atoms with Crippen molar-refractivity contribution in [3.63, 3.8) is 0 Å². The Hall–Kier alpha value is -1.62. The molecule has 0 saturated carbocycles. The molecule has 0 aromatic carbocycles. The number of hydrogen-bond donors (Lipinski definition) is 1. The second-order valence-corrected chi connectivity index (χ2v) is 5.34. The molecule has 5 nitrogen and oxygen atoms in total. The molecule has 0 aliphatic carbocycles. The fourth-order valence-electron chi connectivity index (χ4n) is 2.49. The summed E-state index contributed by atoms with van der Waals surface area (Å²) in [6, 6.07) is 3.77. The summed E-state index contributed by atoms with van der Waals surface area (Å²) < 4.78 is 4.89. The van der Waals surface area contributed by atoms with E-state index in [1.54, 1.807) is 19.4 Å². The number of carbonyl (C=O) groups excluding carboxylic acids is 1. The summed E-state index contributed by atoms with van der Waals surface area (Å²) in [7, 11) is 1.61. The lowest BCUT2D eigenvalue weighted by Crippen LogP contribution is -2.34. The van der Waals surface area contributed by atoms with E-state index in [2.05, 4.69) is 22.1 Å². The molecule has 0 radical (unpaired) electrons. The highest BCUT2D eigenvalue weighted by Crippen LogP contribution is 2.22. The summed E-state index contributed by atoms with van der Waals surface area (Å²) in [5, 5.41) is 2.77. The summed E-state index contributed by atoms with van der Waals surface area (Å²) in [6.45, 7) is 5.43. The number of nitrogens with one attached hydrogen (secondary N) is 1. The molecule has 110 valence electrons. The van der Waals surface area contributed by atoms with Crippen molar-refractivity contribution in [3.8, 4) is 0 Å². The van der Waals surface area contributed by atoms with Crippen molar-refractivity contribution >= 4 is 11.6 Å². The Morgan fingerprint density at radius 3 is 3.05 bits per heavy atom. The zero-order valence-corrected chi connectivity index (χ0v) is 12.3. The van der Waals surface area contributed by atoms with Gasteiger partial charge in [0.2, 0.25) is 0 Å². The van der Waals surface area contributed by atoms with Gasteiger partial charge in [-0.15, -0.1) is 0 Å². The number of hydrogen-bond acceptors (Lipinski definition) is 4. The molecule has 1 unspecified atom stereocenters. The highest BCUT2D eigenvalue weighted by molar-refractivity contribution is 5.92.